The van der Waals surface area contributed by atoms with E-state index in [0.29, 0.717) is 19.1 Å². The summed E-state index contributed by atoms with van der Waals surface area (Å²) >= 11 is 0. The van der Waals surface area contributed by atoms with Gasteiger partial charge in [-0.15, -0.1) is 0 Å². The van der Waals surface area contributed by atoms with Crippen molar-refractivity contribution in [1.29, 1.82) is 0 Å². The quantitative estimate of drug-likeness (QED) is 0.791. The molecule has 1 aliphatic heterocycles. The molecule has 1 atom stereocenters. The van der Waals surface area contributed by atoms with Crippen LogP contribution in [0.25, 0.3) is 0 Å². The summed E-state index contributed by atoms with van der Waals surface area (Å²) in [5, 5.41) is 11.5. The summed E-state index contributed by atoms with van der Waals surface area (Å²) in [5.41, 5.74) is -0.750. The molecule has 0 radical (unpaired) electrons. The minimum atomic E-state index is -0.923. The number of carbonyl (C=O) groups excluding carboxylic acids is 1. The van der Waals surface area contributed by atoms with E-state index in [1.54, 1.807) is 25.8 Å². The molecule has 0 aliphatic carbocycles. The molecule has 19 heavy (non-hydrogen) atoms. The van der Waals surface area contributed by atoms with Crippen molar-refractivity contribution in [2.75, 3.05) is 26.8 Å². The third-order valence-electron chi connectivity index (χ3n) is 3.17. The highest BCUT2D eigenvalue weighted by atomic mass is 16.5. The first-order valence-electron chi connectivity index (χ1n) is 6.63. The van der Waals surface area contributed by atoms with Gasteiger partial charge in [-0.3, -0.25) is 4.79 Å². The van der Waals surface area contributed by atoms with Crippen molar-refractivity contribution in [3.8, 4) is 0 Å². The molecule has 110 valence electrons. The molecular weight excluding hydrogens is 248 g/mol. The molecule has 2 amide bonds. The van der Waals surface area contributed by atoms with Crippen LogP contribution in [0.2, 0.25) is 0 Å². The summed E-state index contributed by atoms with van der Waals surface area (Å²) in [4.78, 5) is 24.3. The van der Waals surface area contributed by atoms with Crippen LogP contribution in [-0.4, -0.2) is 54.4 Å². The Morgan fingerprint density at radius 2 is 2.16 bits per heavy atom. The molecule has 6 nitrogen and oxygen atoms in total. The van der Waals surface area contributed by atoms with Gasteiger partial charge in [-0.05, 0) is 26.7 Å². The molecule has 1 saturated heterocycles. The van der Waals surface area contributed by atoms with Gasteiger partial charge in [-0.2, -0.15) is 0 Å². The second kappa shape index (κ2) is 6.75. The number of nitrogens with zero attached hydrogens (tertiary/aromatic N) is 1. The molecule has 1 unspecified atom stereocenters. The predicted octanol–water partition coefficient (Wildman–Crippen LogP) is 1.31. The number of amides is 2. The maximum absolute atomic E-state index is 12.0. The molecular formula is C13H24N2O4. The Bertz CT molecular complexity index is 325. The van der Waals surface area contributed by atoms with E-state index in [2.05, 4.69) is 5.32 Å². The van der Waals surface area contributed by atoms with Gasteiger partial charge in [0.15, 0.2) is 0 Å². The number of carboxylic acid groups (broad SMARTS) is 1. The van der Waals surface area contributed by atoms with Crippen LogP contribution < -0.4 is 5.32 Å². The second-order valence-corrected chi connectivity index (χ2v) is 5.85. The second-order valence-electron chi connectivity index (χ2n) is 5.85. The van der Waals surface area contributed by atoms with Gasteiger partial charge >= 0.3 is 12.0 Å². The molecule has 2 N–H and O–H groups in total. The number of hydrogen-bond donors (Lipinski definition) is 2. The summed E-state index contributed by atoms with van der Waals surface area (Å²) in [6, 6.07) is -0.239. The van der Waals surface area contributed by atoms with Crippen LogP contribution >= 0.6 is 0 Å². The molecule has 0 aromatic carbocycles. The van der Waals surface area contributed by atoms with Crippen molar-refractivity contribution in [2.24, 2.45) is 5.92 Å². The smallest absolute Gasteiger partial charge is 0.317 e. The van der Waals surface area contributed by atoms with Crippen LogP contribution in [0.4, 0.5) is 4.79 Å². The number of urea groups is 1. The SMILES string of the molecule is CN(CC1CCCOC1)C(=O)NC(C)(C)CC(=O)O. The zero-order valence-electron chi connectivity index (χ0n) is 11.9. The topological polar surface area (TPSA) is 78.9 Å². The van der Waals surface area contributed by atoms with Crippen molar-refractivity contribution in [2.45, 2.75) is 38.6 Å². The van der Waals surface area contributed by atoms with E-state index < -0.39 is 11.5 Å². The summed E-state index contributed by atoms with van der Waals surface area (Å²) in [7, 11) is 1.72. The van der Waals surface area contributed by atoms with E-state index in [-0.39, 0.29) is 12.5 Å². The number of aliphatic carboxylic acids is 1. The molecule has 6 heteroatoms. The Labute approximate surface area is 114 Å². The summed E-state index contributed by atoms with van der Waals surface area (Å²) in [6.07, 6.45) is 2.00. The summed E-state index contributed by atoms with van der Waals surface area (Å²) in [5.74, 6) is -0.555. The van der Waals surface area contributed by atoms with Gasteiger partial charge in [0.25, 0.3) is 0 Å². The lowest BCUT2D eigenvalue weighted by molar-refractivity contribution is -0.138. The molecule has 0 saturated carbocycles. The molecule has 1 fully saturated rings. The van der Waals surface area contributed by atoms with Crippen LogP contribution in [0, 0.1) is 5.92 Å². The first kappa shape index (κ1) is 15.8. The molecule has 0 aromatic heterocycles. The van der Waals surface area contributed by atoms with E-state index in [1.165, 1.54) is 0 Å². The number of nitrogens with one attached hydrogen (secondary N) is 1. The Morgan fingerprint density at radius 1 is 1.47 bits per heavy atom. The Morgan fingerprint density at radius 3 is 2.68 bits per heavy atom. The number of carbonyl (C=O) groups is 2. The monoisotopic (exact) mass is 272 g/mol. The highest BCUT2D eigenvalue weighted by molar-refractivity contribution is 5.76. The maximum atomic E-state index is 12.0. The average molecular weight is 272 g/mol. The molecule has 0 spiro atoms. The van der Waals surface area contributed by atoms with Gasteiger partial charge in [-0.25, -0.2) is 4.79 Å². The van der Waals surface area contributed by atoms with E-state index in [9.17, 15) is 9.59 Å². The summed E-state index contributed by atoms with van der Waals surface area (Å²) < 4.78 is 5.38. The minimum Gasteiger partial charge on any atom is -0.481 e. The van der Waals surface area contributed by atoms with Crippen molar-refractivity contribution in [3.05, 3.63) is 0 Å². The van der Waals surface area contributed by atoms with Crippen LogP contribution in [-0.2, 0) is 9.53 Å². The number of carboxylic acids is 1. The number of rotatable bonds is 5. The van der Waals surface area contributed by atoms with Gasteiger partial charge in [0.1, 0.15) is 0 Å². The first-order valence-corrected chi connectivity index (χ1v) is 6.63. The van der Waals surface area contributed by atoms with Crippen molar-refractivity contribution in [3.63, 3.8) is 0 Å². The Kier molecular flexibility index (Phi) is 5.60. The Balaban J connectivity index is 2.40. The fourth-order valence-electron chi connectivity index (χ4n) is 2.23. The van der Waals surface area contributed by atoms with Crippen molar-refractivity contribution < 1.29 is 19.4 Å². The van der Waals surface area contributed by atoms with Gasteiger partial charge in [-0.1, -0.05) is 0 Å². The number of ether oxygens (including phenoxy) is 1. The largest absolute Gasteiger partial charge is 0.481 e. The van der Waals surface area contributed by atoms with E-state index in [4.69, 9.17) is 9.84 Å². The third-order valence-corrected chi connectivity index (χ3v) is 3.17. The molecule has 0 bridgehead atoms. The third kappa shape index (κ3) is 5.92. The standard InChI is InChI=1S/C13H24N2O4/c1-13(2,7-11(16)17)14-12(18)15(3)8-10-5-4-6-19-9-10/h10H,4-9H2,1-3H3,(H,14,18)(H,16,17). The van der Waals surface area contributed by atoms with Gasteiger partial charge in [0, 0.05) is 31.7 Å². The van der Waals surface area contributed by atoms with E-state index in [1.807, 2.05) is 0 Å². The maximum Gasteiger partial charge on any atom is 0.317 e. The fourth-order valence-corrected chi connectivity index (χ4v) is 2.23. The van der Waals surface area contributed by atoms with E-state index in [0.717, 1.165) is 19.4 Å². The minimum absolute atomic E-state index is 0.0981. The van der Waals surface area contributed by atoms with Gasteiger partial charge < -0.3 is 20.1 Å². The highest BCUT2D eigenvalue weighted by Crippen LogP contribution is 2.15. The van der Waals surface area contributed by atoms with Gasteiger partial charge in [0.2, 0.25) is 0 Å². The van der Waals surface area contributed by atoms with Crippen LogP contribution in [0.3, 0.4) is 0 Å². The van der Waals surface area contributed by atoms with E-state index >= 15 is 0 Å². The lowest BCUT2D eigenvalue weighted by Gasteiger charge is -2.31. The predicted molar refractivity (Wildman–Crippen MR) is 71.0 cm³/mol. The van der Waals surface area contributed by atoms with Crippen molar-refractivity contribution >= 4 is 12.0 Å². The van der Waals surface area contributed by atoms with Crippen molar-refractivity contribution in [1.82, 2.24) is 10.2 Å². The lowest BCUT2D eigenvalue weighted by Crippen LogP contribution is -2.51. The molecule has 1 heterocycles. The molecule has 1 aliphatic rings. The Hall–Kier alpha value is -1.30. The van der Waals surface area contributed by atoms with Gasteiger partial charge in [0.05, 0.1) is 13.0 Å². The first-order chi connectivity index (χ1) is 8.80. The normalized spacial score (nSPS) is 19.8. The lowest BCUT2D eigenvalue weighted by atomic mass is 10.0. The fraction of sp³-hybridized carbons (Fsp3) is 0.846. The van der Waals surface area contributed by atoms with Crippen LogP contribution in [0.5, 0.6) is 0 Å². The zero-order chi connectivity index (χ0) is 14.5. The summed E-state index contributed by atoms with van der Waals surface area (Å²) in [6.45, 7) is 5.54. The van der Waals surface area contributed by atoms with Crippen LogP contribution in [0.1, 0.15) is 33.1 Å². The highest BCUT2D eigenvalue weighted by Gasteiger charge is 2.26. The molecule has 0 aromatic rings. The zero-order valence-corrected chi connectivity index (χ0v) is 11.9. The van der Waals surface area contributed by atoms with Crippen LogP contribution in [0.15, 0.2) is 0 Å². The number of hydrogen-bond acceptors (Lipinski definition) is 3. The molecule has 1 rings (SSSR count). The average Bonchev–Trinajstić information content (AvgIpc) is 2.27.